The van der Waals surface area contributed by atoms with Gasteiger partial charge in [0.2, 0.25) is 10.0 Å². The Morgan fingerprint density at radius 1 is 1.11 bits per heavy atom. The molecule has 5 nitrogen and oxygen atoms in total. The van der Waals surface area contributed by atoms with Crippen molar-refractivity contribution in [2.24, 2.45) is 0 Å². The SMILES string of the molecule is Cc1ccc(S(=O)(=O)NC(C)(C)C)cc1C(=O)NC(C)Cc1ccc(F)cc1. The molecule has 0 radical (unpaired) electrons. The van der Waals surface area contributed by atoms with Crippen molar-refractivity contribution in [2.45, 2.75) is 57.5 Å². The van der Waals surface area contributed by atoms with Crippen LogP contribution in [0.4, 0.5) is 4.39 Å². The lowest BCUT2D eigenvalue weighted by Gasteiger charge is -2.21. The van der Waals surface area contributed by atoms with Crippen LogP contribution >= 0.6 is 0 Å². The Morgan fingerprint density at radius 2 is 1.71 bits per heavy atom. The summed E-state index contributed by atoms with van der Waals surface area (Å²) in [5, 5.41) is 2.88. The molecule has 0 aliphatic heterocycles. The number of halogens is 1. The Hall–Kier alpha value is -2.25. The normalized spacial score (nSPS) is 13.2. The van der Waals surface area contributed by atoms with Crippen molar-refractivity contribution < 1.29 is 17.6 Å². The van der Waals surface area contributed by atoms with Crippen molar-refractivity contribution in [1.29, 1.82) is 0 Å². The van der Waals surface area contributed by atoms with Gasteiger partial charge in [-0.2, -0.15) is 0 Å². The third-order valence-corrected chi connectivity index (χ3v) is 5.79. The summed E-state index contributed by atoms with van der Waals surface area (Å²) in [7, 11) is -3.74. The monoisotopic (exact) mass is 406 g/mol. The third-order valence-electron chi connectivity index (χ3n) is 4.04. The second kappa shape index (κ2) is 8.41. The summed E-state index contributed by atoms with van der Waals surface area (Å²) in [5.41, 5.74) is 1.26. The highest BCUT2D eigenvalue weighted by Crippen LogP contribution is 2.18. The fourth-order valence-corrected chi connectivity index (χ4v) is 4.25. The van der Waals surface area contributed by atoms with Crippen LogP contribution in [0.25, 0.3) is 0 Å². The minimum atomic E-state index is -3.74. The molecule has 1 atom stereocenters. The molecule has 0 aromatic heterocycles. The van der Waals surface area contributed by atoms with E-state index in [1.165, 1.54) is 24.3 Å². The molecule has 0 aliphatic rings. The van der Waals surface area contributed by atoms with Gasteiger partial charge in [-0.25, -0.2) is 17.5 Å². The molecule has 7 heteroatoms. The average molecular weight is 407 g/mol. The molecule has 0 spiro atoms. The van der Waals surface area contributed by atoms with Gasteiger partial charge in [-0.05, 0) is 76.4 Å². The number of amides is 1. The lowest BCUT2D eigenvalue weighted by atomic mass is 10.1. The minimum Gasteiger partial charge on any atom is -0.349 e. The fourth-order valence-electron chi connectivity index (χ4n) is 2.80. The van der Waals surface area contributed by atoms with Gasteiger partial charge in [-0.1, -0.05) is 18.2 Å². The molecule has 2 aromatic rings. The van der Waals surface area contributed by atoms with E-state index >= 15 is 0 Å². The molecule has 0 aliphatic carbocycles. The summed E-state index contributed by atoms with van der Waals surface area (Å²) in [4.78, 5) is 12.7. The smallest absolute Gasteiger partial charge is 0.251 e. The van der Waals surface area contributed by atoms with Crippen LogP contribution in [-0.2, 0) is 16.4 Å². The lowest BCUT2D eigenvalue weighted by Crippen LogP contribution is -2.40. The summed E-state index contributed by atoms with van der Waals surface area (Å²) < 4.78 is 40.7. The molecular weight excluding hydrogens is 379 g/mol. The van der Waals surface area contributed by atoms with Gasteiger partial charge in [0.25, 0.3) is 5.91 Å². The Labute approximate surface area is 166 Å². The Bertz CT molecular complexity index is 949. The van der Waals surface area contributed by atoms with E-state index in [4.69, 9.17) is 0 Å². The molecule has 0 fully saturated rings. The van der Waals surface area contributed by atoms with E-state index in [1.54, 1.807) is 45.9 Å². The highest BCUT2D eigenvalue weighted by Gasteiger charge is 2.23. The minimum absolute atomic E-state index is 0.0457. The van der Waals surface area contributed by atoms with E-state index in [-0.39, 0.29) is 22.7 Å². The molecule has 0 heterocycles. The summed E-state index contributed by atoms with van der Waals surface area (Å²) in [6, 6.07) is 10.4. The van der Waals surface area contributed by atoms with Crippen molar-refractivity contribution in [3.63, 3.8) is 0 Å². The van der Waals surface area contributed by atoms with Crippen LogP contribution in [0.5, 0.6) is 0 Å². The molecule has 2 N–H and O–H groups in total. The summed E-state index contributed by atoms with van der Waals surface area (Å²) in [5.74, 6) is -0.655. The van der Waals surface area contributed by atoms with Gasteiger partial charge in [0, 0.05) is 17.1 Å². The van der Waals surface area contributed by atoms with Gasteiger partial charge in [0.15, 0.2) is 0 Å². The van der Waals surface area contributed by atoms with Gasteiger partial charge >= 0.3 is 0 Å². The predicted octanol–water partition coefficient (Wildman–Crippen LogP) is 3.57. The van der Waals surface area contributed by atoms with E-state index in [2.05, 4.69) is 10.0 Å². The van der Waals surface area contributed by atoms with Gasteiger partial charge in [0.05, 0.1) is 4.90 Å². The topological polar surface area (TPSA) is 75.3 Å². The molecule has 1 unspecified atom stereocenters. The van der Waals surface area contributed by atoms with Crippen LogP contribution < -0.4 is 10.0 Å². The number of benzene rings is 2. The van der Waals surface area contributed by atoms with Crippen molar-refractivity contribution >= 4 is 15.9 Å². The Morgan fingerprint density at radius 3 is 2.29 bits per heavy atom. The molecule has 2 aromatic carbocycles. The summed E-state index contributed by atoms with van der Waals surface area (Å²) >= 11 is 0. The maximum absolute atomic E-state index is 13.0. The van der Waals surface area contributed by atoms with Crippen molar-refractivity contribution in [3.8, 4) is 0 Å². The number of aryl methyl sites for hydroxylation is 1. The number of carbonyl (C=O) groups excluding carboxylic acids is 1. The maximum atomic E-state index is 13.0. The second-order valence-corrected chi connectivity index (χ2v) is 9.72. The number of hydrogen-bond acceptors (Lipinski definition) is 3. The average Bonchev–Trinajstić information content (AvgIpc) is 2.54. The first kappa shape index (κ1) is 22.0. The maximum Gasteiger partial charge on any atom is 0.251 e. The highest BCUT2D eigenvalue weighted by atomic mass is 32.2. The van der Waals surface area contributed by atoms with Gasteiger partial charge < -0.3 is 5.32 Å². The molecule has 0 bridgehead atoms. The lowest BCUT2D eigenvalue weighted by molar-refractivity contribution is 0.0939. The molecule has 2 rings (SSSR count). The van der Waals surface area contributed by atoms with Crippen LogP contribution in [0.3, 0.4) is 0 Å². The van der Waals surface area contributed by atoms with Gasteiger partial charge in [0.1, 0.15) is 5.82 Å². The van der Waals surface area contributed by atoms with Gasteiger partial charge in [-0.15, -0.1) is 0 Å². The van der Waals surface area contributed by atoms with Crippen LogP contribution in [0.15, 0.2) is 47.4 Å². The number of rotatable bonds is 6. The fraction of sp³-hybridized carbons (Fsp3) is 0.381. The van der Waals surface area contributed by atoms with Crippen LogP contribution in [0, 0.1) is 12.7 Å². The quantitative estimate of drug-likeness (QED) is 0.770. The van der Waals surface area contributed by atoms with E-state index in [0.29, 0.717) is 17.5 Å². The van der Waals surface area contributed by atoms with Crippen molar-refractivity contribution in [2.75, 3.05) is 0 Å². The zero-order chi connectivity index (χ0) is 21.1. The largest absolute Gasteiger partial charge is 0.349 e. The molecular formula is C21H27FN2O3S. The van der Waals surface area contributed by atoms with E-state index in [1.807, 2.05) is 6.92 Å². The zero-order valence-corrected chi connectivity index (χ0v) is 17.7. The van der Waals surface area contributed by atoms with Gasteiger partial charge in [-0.3, -0.25) is 4.79 Å². The van der Waals surface area contributed by atoms with E-state index < -0.39 is 15.6 Å². The van der Waals surface area contributed by atoms with Crippen LogP contribution in [0.2, 0.25) is 0 Å². The molecule has 0 saturated carbocycles. The highest BCUT2D eigenvalue weighted by molar-refractivity contribution is 7.89. The molecule has 0 saturated heterocycles. The first-order valence-corrected chi connectivity index (χ1v) is 10.6. The van der Waals surface area contributed by atoms with Crippen LogP contribution in [0.1, 0.15) is 49.2 Å². The van der Waals surface area contributed by atoms with Crippen molar-refractivity contribution in [1.82, 2.24) is 10.0 Å². The Balaban J connectivity index is 2.17. The number of carbonyl (C=O) groups is 1. The first-order chi connectivity index (χ1) is 12.9. The summed E-state index contributed by atoms with van der Waals surface area (Å²) in [6.45, 7) is 8.86. The van der Waals surface area contributed by atoms with E-state index in [0.717, 1.165) is 5.56 Å². The standard InChI is InChI=1S/C21H27FN2O3S/c1-14-6-11-18(28(26,27)24-21(3,4)5)13-19(14)20(25)23-15(2)12-16-7-9-17(22)10-8-16/h6-11,13,15,24H,12H2,1-5H3,(H,23,25). The zero-order valence-electron chi connectivity index (χ0n) is 16.8. The molecule has 1 amide bonds. The second-order valence-electron chi connectivity index (χ2n) is 8.04. The number of hydrogen-bond donors (Lipinski definition) is 2. The number of nitrogens with one attached hydrogen (secondary N) is 2. The summed E-state index contributed by atoms with van der Waals surface area (Å²) in [6.07, 6.45) is 0.536. The van der Waals surface area contributed by atoms with Crippen molar-refractivity contribution in [3.05, 3.63) is 65.0 Å². The van der Waals surface area contributed by atoms with Crippen LogP contribution in [-0.4, -0.2) is 25.9 Å². The molecule has 28 heavy (non-hydrogen) atoms. The van der Waals surface area contributed by atoms with E-state index in [9.17, 15) is 17.6 Å². The first-order valence-electron chi connectivity index (χ1n) is 9.07. The number of sulfonamides is 1. The molecule has 152 valence electrons. The Kier molecular flexibility index (Phi) is 6.62. The predicted molar refractivity (Wildman–Crippen MR) is 108 cm³/mol. The third kappa shape index (κ3) is 6.14.